The molecular weight excluding hydrogens is 506 g/mol. The second-order valence-electron chi connectivity index (χ2n) is 10.7. The first kappa shape index (κ1) is 27.4. The van der Waals surface area contributed by atoms with Gasteiger partial charge in [-0.3, -0.25) is 19.7 Å². The molecule has 1 atom stereocenters. The highest BCUT2D eigenvalue weighted by Gasteiger charge is 2.29. The van der Waals surface area contributed by atoms with Crippen LogP contribution in [-0.4, -0.2) is 69.4 Å². The normalized spacial score (nSPS) is 18.3. The zero-order valence-electron chi connectivity index (χ0n) is 23.3. The predicted octanol–water partition coefficient (Wildman–Crippen LogP) is 4.73. The molecule has 210 valence electrons. The Balaban J connectivity index is 1.53. The first-order valence-electron chi connectivity index (χ1n) is 14.1. The molecule has 40 heavy (non-hydrogen) atoms. The number of hydrogen-bond acceptors (Lipinski definition) is 5. The topological polar surface area (TPSA) is 96.8 Å². The molecule has 3 heterocycles. The van der Waals surface area contributed by atoms with Crippen LogP contribution in [0.5, 0.6) is 5.75 Å². The molecule has 0 bridgehead atoms. The van der Waals surface area contributed by atoms with E-state index in [1.54, 1.807) is 13.0 Å². The van der Waals surface area contributed by atoms with Gasteiger partial charge in [-0.15, -0.1) is 0 Å². The number of nitrogens with one attached hydrogen (secondary N) is 1. The number of benzene rings is 2. The maximum atomic E-state index is 13.3. The summed E-state index contributed by atoms with van der Waals surface area (Å²) in [6, 6.07) is 13.1. The Labute approximate surface area is 234 Å². The summed E-state index contributed by atoms with van der Waals surface area (Å²) in [5.41, 5.74) is 3.06. The number of rotatable bonds is 6. The van der Waals surface area contributed by atoms with E-state index in [-0.39, 0.29) is 29.9 Å². The molecule has 2 aromatic carbocycles. The van der Waals surface area contributed by atoms with E-state index in [0.717, 1.165) is 43.2 Å². The summed E-state index contributed by atoms with van der Waals surface area (Å²) in [5, 5.41) is 3.06. The number of nitrogens with zero attached hydrogens (tertiary/aromatic N) is 4. The smallest absolute Gasteiger partial charge is 0.257 e. The van der Waals surface area contributed by atoms with Crippen molar-refractivity contribution >= 4 is 34.7 Å². The fourth-order valence-electron chi connectivity index (χ4n) is 5.74. The molecule has 9 heteroatoms. The van der Waals surface area contributed by atoms with E-state index in [0.29, 0.717) is 49.0 Å². The molecule has 3 aromatic rings. The minimum absolute atomic E-state index is 0.0390. The molecule has 1 aromatic heterocycles. The van der Waals surface area contributed by atoms with Gasteiger partial charge in [-0.25, -0.2) is 4.98 Å². The zero-order valence-corrected chi connectivity index (χ0v) is 23.3. The second kappa shape index (κ2) is 11.9. The number of aryl methyl sites for hydroxylation is 1. The van der Waals surface area contributed by atoms with Crippen LogP contribution >= 0.6 is 0 Å². The summed E-state index contributed by atoms with van der Waals surface area (Å²) in [4.78, 5) is 46.3. The highest BCUT2D eigenvalue weighted by molar-refractivity contribution is 6.04. The SMILES string of the molecule is C=CC(=O)N1CCCCC(n2c(NC(=O)c3cccc(C)c3)nc3cccc(OC4CCN(C(C)=O)CC4)c32)C1. The van der Waals surface area contributed by atoms with Crippen LogP contribution in [0.1, 0.15) is 61.0 Å². The predicted molar refractivity (Wildman–Crippen MR) is 154 cm³/mol. The molecule has 0 spiro atoms. The number of amides is 3. The Morgan fingerprint density at radius 3 is 2.52 bits per heavy atom. The molecule has 2 saturated heterocycles. The number of imidazole rings is 1. The first-order valence-corrected chi connectivity index (χ1v) is 14.1. The van der Waals surface area contributed by atoms with E-state index in [9.17, 15) is 14.4 Å². The third kappa shape index (κ3) is 5.88. The van der Waals surface area contributed by atoms with Crippen molar-refractivity contribution in [3.63, 3.8) is 0 Å². The third-order valence-corrected chi connectivity index (χ3v) is 7.86. The number of likely N-dealkylation sites (tertiary alicyclic amines) is 2. The Morgan fingerprint density at radius 2 is 1.80 bits per heavy atom. The molecule has 0 radical (unpaired) electrons. The molecular formula is C31H37N5O4. The quantitative estimate of drug-likeness (QED) is 0.454. The molecule has 9 nitrogen and oxygen atoms in total. The lowest BCUT2D eigenvalue weighted by atomic mass is 10.1. The molecule has 2 aliphatic rings. The number of aromatic nitrogens is 2. The van der Waals surface area contributed by atoms with E-state index in [1.807, 2.05) is 53.1 Å². The third-order valence-electron chi connectivity index (χ3n) is 7.86. The summed E-state index contributed by atoms with van der Waals surface area (Å²) < 4.78 is 8.62. The minimum Gasteiger partial charge on any atom is -0.488 e. The van der Waals surface area contributed by atoms with Crippen LogP contribution in [0.25, 0.3) is 11.0 Å². The van der Waals surface area contributed by atoms with Crippen LogP contribution < -0.4 is 10.1 Å². The maximum Gasteiger partial charge on any atom is 0.257 e. The fraction of sp³-hybridized carbons (Fsp3) is 0.419. The molecule has 3 amide bonds. The van der Waals surface area contributed by atoms with E-state index in [4.69, 9.17) is 9.72 Å². The molecule has 2 aliphatic heterocycles. The van der Waals surface area contributed by atoms with Crippen LogP contribution in [0.15, 0.2) is 55.1 Å². The van der Waals surface area contributed by atoms with Gasteiger partial charge in [-0.2, -0.15) is 0 Å². The van der Waals surface area contributed by atoms with Gasteiger partial charge in [0.05, 0.1) is 11.6 Å². The van der Waals surface area contributed by atoms with Crippen molar-refractivity contribution in [3.05, 3.63) is 66.2 Å². The van der Waals surface area contributed by atoms with Gasteiger partial charge < -0.3 is 19.1 Å². The lowest BCUT2D eigenvalue weighted by molar-refractivity contribution is -0.130. The summed E-state index contributed by atoms with van der Waals surface area (Å²) in [5.74, 6) is 0.858. The maximum absolute atomic E-state index is 13.3. The second-order valence-corrected chi connectivity index (χ2v) is 10.7. The Kier molecular flexibility index (Phi) is 8.19. The molecule has 1 unspecified atom stereocenters. The minimum atomic E-state index is -0.244. The molecule has 0 aliphatic carbocycles. The number of carbonyl (C=O) groups excluding carboxylic acids is 3. The number of anilines is 1. The Hall–Kier alpha value is -4.14. The van der Waals surface area contributed by atoms with Gasteiger partial charge in [0.1, 0.15) is 17.4 Å². The number of carbonyl (C=O) groups is 3. The lowest BCUT2D eigenvalue weighted by Crippen LogP contribution is -2.40. The summed E-state index contributed by atoms with van der Waals surface area (Å²) >= 11 is 0. The Morgan fingerprint density at radius 1 is 1.02 bits per heavy atom. The average Bonchev–Trinajstić information content (AvgIpc) is 3.14. The lowest BCUT2D eigenvalue weighted by Gasteiger charge is -2.32. The van der Waals surface area contributed by atoms with Crippen molar-refractivity contribution in [3.8, 4) is 5.75 Å². The Bertz CT molecular complexity index is 1420. The van der Waals surface area contributed by atoms with Gasteiger partial charge in [0, 0.05) is 51.5 Å². The van der Waals surface area contributed by atoms with Crippen molar-refractivity contribution in [2.75, 3.05) is 31.5 Å². The highest BCUT2D eigenvalue weighted by atomic mass is 16.5. The number of fused-ring (bicyclic) bond motifs is 1. The summed E-state index contributed by atoms with van der Waals surface area (Å²) in [7, 11) is 0. The van der Waals surface area contributed by atoms with Crippen molar-refractivity contribution in [2.24, 2.45) is 0 Å². The van der Waals surface area contributed by atoms with Gasteiger partial charge in [0.2, 0.25) is 17.8 Å². The van der Waals surface area contributed by atoms with Crippen LogP contribution in [-0.2, 0) is 9.59 Å². The van der Waals surface area contributed by atoms with Crippen LogP contribution in [0.4, 0.5) is 5.95 Å². The van der Waals surface area contributed by atoms with Crippen LogP contribution in [0.2, 0.25) is 0 Å². The van der Waals surface area contributed by atoms with E-state index >= 15 is 0 Å². The summed E-state index contributed by atoms with van der Waals surface area (Å²) in [6.07, 6.45) is 5.46. The van der Waals surface area contributed by atoms with E-state index in [1.165, 1.54) is 6.08 Å². The number of hydrogen-bond donors (Lipinski definition) is 1. The van der Waals surface area contributed by atoms with E-state index in [2.05, 4.69) is 16.5 Å². The van der Waals surface area contributed by atoms with Gasteiger partial charge in [-0.1, -0.05) is 30.3 Å². The standard InChI is InChI=1S/C31H37N5O4/c1-4-28(38)35-16-6-5-11-24(20-35)36-29-26(32-31(36)33-30(39)23-10-7-9-21(2)19-23)12-8-13-27(29)40-25-14-17-34(18-15-25)22(3)37/h4,7-10,12-13,19,24-25H,1,5-6,11,14-18,20H2,2-3H3,(H,32,33,39). The zero-order chi connectivity index (χ0) is 28.2. The average molecular weight is 544 g/mol. The fourth-order valence-corrected chi connectivity index (χ4v) is 5.74. The van der Waals surface area contributed by atoms with Gasteiger partial charge in [0.15, 0.2) is 0 Å². The molecule has 1 N–H and O–H groups in total. The highest BCUT2D eigenvalue weighted by Crippen LogP contribution is 2.36. The monoisotopic (exact) mass is 543 g/mol. The van der Waals surface area contributed by atoms with E-state index < -0.39 is 0 Å². The van der Waals surface area contributed by atoms with Gasteiger partial charge in [-0.05, 0) is 56.5 Å². The number of para-hydroxylation sites is 1. The van der Waals surface area contributed by atoms with Crippen molar-refractivity contribution in [1.82, 2.24) is 19.4 Å². The molecule has 2 fully saturated rings. The number of piperidine rings is 1. The van der Waals surface area contributed by atoms with Crippen molar-refractivity contribution < 1.29 is 19.1 Å². The molecule has 0 saturated carbocycles. The molecule has 5 rings (SSSR count). The largest absolute Gasteiger partial charge is 0.488 e. The first-order chi connectivity index (χ1) is 19.3. The van der Waals surface area contributed by atoms with Crippen LogP contribution in [0, 0.1) is 6.92 Å². The van der Waals surface area contributed by atoms with Crippen molar-refractivity contribution in [2.45, 2.75) is 58.1 Å². The number of ether oxygens (including phenoxy) is 1. The van der Waals surface area contributed by atoms with Crippen molar-refractivity contribution in [1.29, 1.82) is 0 Å². The van der Waals surface area contributed by atoms with Gasteiger partial charge in [0.25, 0.3) is 5.91 Å². The van der Waals surface area contributed by atoms with Crippen LogP contribution in [0.3, 0.4) is 0 Å². The van der Waals surface area contributed by atoms with Gasteiger partial charge >= 0.3 is 0 Å². The summed E-state index contributed by atoms with van der Waals surface area (Å²) in [6.45, 7) is 9.70.